The van der Waals surface area contributed by atoms with Crippen LogP contribution in [0.3, 0.4) is 0 Å². The topological polar surface area (TPSA) is 0 Å². The molecule has 0 radical (unpaired) electrons. The molecule has 1 unspecified atom stereocenters. The number of rotatable bonds is 2. The van der Waals surface area contributed by atoms with E-state index in [2.05, 4.69) is 27.7 Å². The first-order chi connectivity index (χ1) is 5.65. The fraction of sp³-hybridized carbons (Fsp3) is 1.00. The lowest BCUT2D eigenvalue weighted by Gasteiger charge is -2.36. The lowest BCUT2D eigenvalue weighted by Crippen LogP contribution is -2.26. The van der Waals surface area contributed by atoms with Gasteiger partial charge in [-0.3, -0.25) is 0 Å². The summed E-state index contributed by atoms with van der Waals surface area (Å²) in [6.07, 6.45) is 5.79. The molecule has 0 saturated heterocycles. The summed E-state index contributed by atoms with van der Waals surface area (Å²) in [5.74, 6) is 3.93. The molecule has 1 rings (SSSR count). The zero-order chi connectivity index (χ0) is 9.14. The second kappa shape index (κ2) is 4.30. The monoisotopic (exact) mass is 168 g/mol. The third-order valence-corrected chi connectivity index (χ3v) is 3.87. The van der Waals surface area contributed by atoms with Crippen LogP contribution in [0.5, 0.6) is 0 Å². The van der Waals surface area contributed by atoms with Crippen molar-refractivity contribution in [3.05, 3.63) is 0 Å². The van der Waals surface area contributed by atoms with Gasteiger partial charge >= 0.3 is 0 Å². The molecule has 0 nitrogen and oxygen atoms in total. The molecular formula is C12H24. The quantitative estimate of drug-likeness (QED) is 0.582. The van der Waals surface area contributed by atoms with E-state index in [1.165, 1.54) is 25.7 Å². The minimum atomic E-state index is 0.951. The highest BCUT2D eigenvalue weighted by Crippen LogP contribution is 2.38. The van der Waals surface area contributed by atoms with Crippen molar-refractivity contribution in [2.75, 3.05) is 0 Å². The normalized spacial score (nSPS) is 39.5. The van der Waals surface area contributed by atoms with E-state index in [1.807, 2.05) is 0 Å². The second-order valence-corrected chi connectivity index (χ2v) is 4.94. The Morgan fingerprint density at radius 1 is 1.25 bits per heavy atom. The average Bonchev–Trinajstić information content (AvgIpc) is 2.03. The fourth-order valence-corrected chi connectivity index (χ4v) is 2.84. The zero-order valence-electron chi connectivity index (χ0n) is 9.14. The van der Waals surface area contributed by atoms with E-state index in [1.54, 1.807) is 0 Å². The summed E-state index contributed by atoms with van der Waals surface area (Å²) < 4.78 is 0. The Hall–Kier alpha value is 0. The van der Waals surface area contributed by atoms with Crippen molar-refractivity contribution < 1.29 is 0 Å². The van der Waals surface area contributed by atoms with Crippen LogP contribution >= 0.6 is 0 Å². The molecule has 1 saturated carbocycles. The third-order valence-electron chi connectivity index (χ3n) is 3.87. The lowest BCUT2D eigenvalue weighted by molar-refractivity contribution is 0.147. The molecule has 0 heteroatoms. The van der Waals surface area contributed by atoms with E-state index in [-0.39, 0.29) is 0 Å². The molecule has 72 valence electrons. The van der Waals surface area contributed by atoms with Gasteiger partial charge in [0.1, 0.15) is 0 Å². The molecule has 1 fully saturated rings. The predicted molar refractivity (Wildman–Crippen MR) is 55.1 cm³/mol. The van der Waals surface area contributed by atoms with Crippen LogP contribution in [0.1, 0.15) is 53.4 Å². The van der Waals surface area contributed by atoms with Crippen LogP contribution in [0.15, 0.2) is 0 Å². The van der Waals surface area contributed by atoms with Gasteiger partial charge in [0.05, 0.1) is 0 Å². The smallest absolute Gasteiger partial charge is 0.0363 e. The summed E-state index contributed by atoms with van der Waals surface area (Å²) in [7, 11) is 0. The maximum Gasteiger partial charge on any atom is -0.0363 e. The largest absolute Gasteiger partial charge is 0.0651 e. The molecule has 1 aliphatic rings. The highest BCUT2D eigenvalue weighted by Gasteiger charge is 2.28. The van der Waals surface area contributed by atoms with Gasteiger partial charge in [-0.05, 0) is 36.5 Å². The van der Waals surface area contributed by atoms with Crippen molar-refractivity contribution in [2.24, 2.45) is 23.7 Å². The molecule has 0 bridgehead atoms. The predicted octanol–water partition coefficient (Wildman–Crippen LogP) is 4.10. The first-order valence-corrected chi connectivity index (χ1v) is 5.65. The van der Waals surface area contributed by atoms with Crippen LogP contribution < -0.4 is 0 Å². The van der Waals surface area contributed by atoms with Gasteiger partial charge in [0.15, 0.2) is 0 Å². The minimum Gasteiger partial charge on any atom is -0.0651 e. The van der Waals surface area contributed by atoms with Crippen LogP contribution in [0.25, 0.3) is 0 Å². The maximum absolute atomic E-state index is 2.45. The molecule has 0 N–H and O–H groups in total. The van der Waals surface area contributed by atoms with Gasteiger partial charge in [-0.2, -0.15) is 0 Å². The molecule has 0 heterocycles. The van der Waals surface area contributed by atoms with Crippen molar-refractivity contribution in [2.45, 2.75) is 53.4 Å². The Morgan fingerprint density at radius 2 is 1.92 bits per heavy atom. The van der Waals surface area contributed by atoms with Gasteiger partial charge in [0, 0.05) is 0 Å². The summed E-state index contributed by atoms with van der Waals surface area (Å²) in [6.45, 7) is 9.61. The molecule has 0 aromatic carbocycles. The maximum atomic E-state index is 2.45. The summed E-state index contributed by atoms with van der Waals surface area (Å²) in [5, 5.41) is 0. The summed E-state index contributed by atoms with van der Waals surface area (Å²) in [6, 6.07) is 0. The molecule has 0 amide bonds. The molecule has 4 atom stereocenters. The minimum absolute atomic E-state index is 0.951. The SMILES string of the molecule is CCC(C)[C@H]1CC[C@H](C)C[C@@H]1C. The van der Waals surface area contributed by atoms with Crippen LogP contribution in [0.2, 0.25) is 0 Å². The Labute approximate surface area is 77.7 Å². The molecule has 0 aromatic heterocycles. The second-order valence-electron chi connectivity index (χ2n) is 4.94. The van der Waals surface area contributed by atoms with Gasteiger partial charge in [-0.15, -0.1) is 0 Å². The standard InChI is InChI=1S/C12H24/c1-5-10(3)12-7-6-9(2)8-11(12)4/h9-12H,5-8H2,1-4H3/t9-,10?,11-,12+/m0/s1. The highest BCUT2D eigenvalue weighted by atomic mass is 14.3. The summed E-state index contributed by atoms with van der Waals surface area (Å²) in [4.78, 5) is 0. The Kier molecular flexibility index (Phi) is 3.61. The van der Waals surface area contributed by atoms with Crippen molar-refractivity contribution >= 4 is 0 Å². The van der Waals surface area contributed by atoms with Crippen molar-refractivity contribution in [1.82, 2.24) is 0 Å². The van der Waals surface area contributed by atoms with E-state index in [0.717, 1.165) is 23.7 Å². The molecule has 12 heavy (non-hydrogen) atoms. The average molecular weight is 168 g/mol. The first kappa shape index (κ1) is 10.1. The van der Waals surface area contributed by atoms with E-state index < -0.39 is 0 Å². The van der Waals surface area contributed by atoms with Crippen molar-refractivity contribution in [1.29, 1.82) is 0 Å². The van der Waals surface area contributed by atoms with Gasteiger partial charge in [-0.1, -0.05) is 40.5 Å². The van der Waals surface area contributed by atoms with Crippen LogP contribution in [-0.4, -0.2) is 0 Å². The Bertz CT molecular complexity index is 128. The van der Waals surface area contributed by atoms with Gasteiger partial charge in [0.2, 0.25) is 0 Å². The summed E-state index contributed by atoms with van der Waals surface area (Å²) in [5.41, 5.74) is 0. The molecular weight excluding hydrogens is 144 g/mol. The lowest BCUT2D eigenvalue weighted by atomic mass is 9.70. The van der Waals surface area contributed by atoms with Crippen LogP contribution in [-0.2, 0) is 0 Å². The van der Waals surface area contributed by atoms with Gasteiger partial charge in [0.25, 0.3) is 0 Å². The van der Waals surface area contributed by atoms with E-state index >= 15 is 0 Å². The molecule has 1 aliphatic carbocycles. The fourth-order valence-electron chi connectivity index (χ4n) is 2.84. The van der Waals surface area contributed by atoms with Crippen LogP contribution in [0, 0.1) is 23.7 Å². The van der Waals surface area contributed by atoms with Crippen molar-refractivity contribution in [3.63, 3.8) is 0 Å². The highest BCUT2D eigenvalue weighted by molar-refractivity contribution is 4.78. The van der Waals surface area contributed by atoms with E-state index in [4.69, 9.17) is 0 Å². The molecule has 0 spiro atoms. The third kappa shape index (κ3) is 2.24. The molecule has 0 aromatic rings. The van der Waals surface area contributed by atoms with Crippen LogP contribution in [0.4, 0.5) is 0 Å². The Morgan fingerprint density at radius 3 is 2.42 bits per heavy atom. The zero-order valence-corrected chi connectivity index (χ0v) is 9.14. The van der Waals surface area contributed by atoms with E-state index in [0.29, 0.717) is 0 Å². The van der Waals surface area contributed by atoms with Gasteiger partial charge < -0.3 is 0 Å². The number of hydrogen-bond donors (Lipinski definition) is 0. The van der Waals surface area contributed by atoms with Crippen molar-refractivity contribution in [3.8, 4) is 0 Å². The van der Waals surface area contributed by atoms with Gasteiger partial charge in [-0.25, -0.2) is 0 Å². The number of hydrogen-bond acceptors (Lipinski definition) is 0. The summed E-state index contributed by atoms with van der Waals surface area (Å²) >= 11 is 0. The van der Waals surface area contributed by atoms with E-state index in [9.17, 15) is 0 Å². The Balaban J connectivity index is 2.44. The molecule has 0 aliphatic heterocycles. The first-order valence-electron chi connectivity index (χ1n) is 5.65.